The largest absolute Gasteiger partial charge is 0.441 e. The summed E-state index contributed by atoms with van der Waals surface area (Å²) >= 11 is 0. The lowest BCUT2D eigenvalue weighted by molar-refractivity contribution is -0.151. The molecule has 5 heteroatoms. The third-order valence-corrected chi connectivity index (χ3v) is 3.90. The molecule has 1 aliphatic heterocycles. The summed E-state index contributed by atoms with van der Waals surface area (Å²) in [5.74, 6) is -0.936. The number of hydrogen-bond acceptors (Lipinski definition) is 4. The van der Waals surface area contributed by atoms with Crippen molar-refractivity contribution in [2.45, 2.75) is 19.6 Å². The number of hydrogen-bond donors (Lipinski definition) is 0. The third-order valence-electron chi connectivity index (χ3n) is 3.90. The van der Waals surface area contributed by atoms with E-state index in [1.165, 1.54) is 11.8 Å². The van der Waals surface area contributed by atoms with Gasteiger partial charge in [0.25, 0.3) is 5.91 Å². The number of rotatable bonds is 3. The molecule has 0 aliphatic carbocycles. The van der Waals surface area contributed by atoms with Crippen molar-refractivity contribution in [2.24, 2.45) is 0 Å². The van der Waals surface area contributed by atoms with E-state index < -0.39 is 12.2 Å². The summed E-state index contributed by atoms with van der Waals surface area (Å²) in [6.07, 6.45) is -0.760. The van der Waals surface area contributed by atoms with E-state index in [9.17, 15) is 14.4 Å². The number of amides is 1. The maximum atomic E-state index is 12.6. The topological polar surface area (TPSA) is 63.7 Å². The summed E-state index contributed by atoms with van der Waals surface area (Å²) in [7, 11) is 0. The molecule has 2 aromatic rings. The number of nitrogens with zero attached hydrogens (tertiary/aromatic N) is 1. The van der Waals surface area contributed by atoms with Crippen LogP contribution in [-0.2, 0) is 14.3 Å². The molecule has 1 aliphatic rings. The molecule has 0 radical (unpaired) electrons. The van der Waals surface area contributed by atoms with Crippen molar-refractivity contribution < 1.29 is 19.1 Å². The van der Waals surface area contributed by atoms with Gasteiger partial charge in [0.1, 0.15) is 0 Å². The molecule has 1 fully saturated rings. The maximum Gasteiger partial charge on any atom is 0.304 e. The van der Waals surface area contributed by atoms with Crippen LogP contribution in [0.25, 0.3) is 11.1 Å². The first-order valence-electron chi connectivity index (χ1n) is 7.70. The van der Waals surface area contributed by atoms with Crippen molar-refractivity contribution in [1.82, 2.24) is 4.90 Å². The van der Waals surface area contributed by atoms with E-state index in [-0.39, 0.29) is 24.7 Å². The average Bonchev–Trinajstić information content (AvgIpc) is 2.95. The van der Waals surface area contributed by atoms with Crippen molar-refractivity contribution in [3.05, 3.63) is 60.2 Å². The monoisotopic (exact) mass is 323 g/mol. The standard InChI is InChI=1S/C19H17NO4/c1-13(21)24-18-11-17(22)12-20(18)19(23)16-9-7-15(8-10-16)14-5-3-2-4-6-14/h2-10,18H,11-12H2,1H3/t18-/m0/s1. The Kier molecular flexibility index (Phi) is 4.42. The number of benzene rings is 2. The van der Waals surface area contributed by atoms with Gasteiger partial charge in [-0.3, -0.25) is 19.3 Å². The first kappa shape index (κ1) is 15.9. The minimum Gasteiger partial charge on any atom is -0.441 e. The Morgan fingerprint density at radius 3 is 2.25 bits per heavy atom. The molecule has 2 aromatic carbocycles. The summed E-state index contributed by atoms with van der Waals surface area (Å²) < 4.78 is 5.08. The molecule has 1 atom stereocenters. The number of carbonyl (C=O) groups is 3. The lowest BCUT2D eigenvalue weighted by atomic mass is 10.0. The SMILES string of the molecule is CC(=O)O[C@H]1CC(=O)CN1C(=O)c1ccc(-c2ccccc2)cc1. The van der Waals surface area contributed by atoms with Crippen LogP contribution in [0.4, 0.5) is 0 Å². The van der Waals surface area contributed by atoms with Crippen LogP contribution in [0, 0.1) is 0 Å². The number of esters is 1. The van der Waals surface area contributed by atoms with Crippen molar-refractivity contribution in [3.8, 4) is 11.1 Å². The van der Waals surface area contributed by atoms with E-state index in [1.54, 1.807) is 12.1 Å². The quantitative estimate of drug-likeness (QED) is 0.815. The van der Waals surface area contributed by atoms with Crippen LogP contribution in [0.1, 0.15) is 23.7 Å². The number of ketones is 1. The highest BCUT2D eigenvalue weighted by Crippen LogP contribution is 2.22. The highest BCUT2D eigenvalue weighted by atomic mass is 16.6. The van der Waals surface area contributed by atoms with Crippen molar-refractivity contribution in [3.63, 3.8) is 0 Å². The van der Waals surface area contributed by atoms with Gasteiger partial charge in [0.2, 0.25) is 0 Å². The van der Waals surface area contributed by atoms with Crippen LogP contribution in [-0.4, -0.2) is 35.3 Å². The fraction of sp³-hybridized carbons (Fsp3) is 0.211. The summed E-state index contributed by atoms with van der Waals surface area (Å²) in [4.78, 5) is 36.7. The lowest BCUT2D eigenvalue weighted by Gasteiger charge is -2.23. The number of ether oxygens (including phenoxy) is 1. The molecule has 1 amide bonds. The molecule has 0 N–H and O–H groups in total. The zero-order chi connectivity index (χ0) is 17.1. The van der Waals surface area contributed by atoms with E-state index in [1.807, 2.05) is 42.5 Å². The second kappa shape index (κ2) is 6.66. The van der Waals surface area contributed by atoms with Gasteiger partial charge in [0.05, 0.1) is 13.0 Å². The van der Waals surface area contributed by atoms with Crippen LogP contribution in [0.5, 0.6) is 0 Å². The van der Waals surface area contributed by atoms with Crippen LogP contribution in [0.3, 0.4) is 0 Å². The lowest BCUT2D eigenvalue weighted by Crippen LogP contribution is -2.38. The number of carbonyl (C=O) groups excluding carboxylic acids is 3. The minimum absolute atomic E-state index is 0.0305. The molecule has 1 heterocycles. The van der Waals surface area contributed by atoms with Crippen molar-refractivity contribution in [2.75, 3.05) is 6.54 Å². The van der Waals surface area contributed by atoms with Gasteiger partial charge >= 0.3 is 5.97 Å². The molecule has 5 nitrogen and oxygen atoms in total. The molecular weight excluding hydrogens is 306 g/mol. The van der Waals surface area contributed by atoms with E-state index >= 15 is 0 Å². The molecule has 0 spiro atoms. The van der Waals surface area contributed by atoms with E-state index in [0.29, 0.717) is 5.56 Å². The summed E-state index contributed by atoms with van der Waals surface area (Å²) in [6.45, 7) is 1.23. The number of likely N-dealkylation sites (tertiary alicyclic amines) is 1. The van der Waals surface area contributed by atoms with Crippen LogP contribution in [0.2, 0.25) is 0 Å². The fourth-order valence-corrected chi connectivity index (χ4v) is 2.76. The van der Waals surface area contributed by atoms with E-state index in [2.05, 4.69) is 0 Å². The predicted molar refractivity (Wildman–Crippen MR) is 88.1 cm³/mol. The summed E-state index contributed by atoms with van der Waals surface area (Å²) in [5.41, 5.74) is 2.52. The smallest absolute Gasteiger partial charge is 0.304 e. The molecule has 122 valence electrons. The fourth-order valence-electron chi connectivity index (χ4n) is 2.76. The highest BCUT2D eigenvalue weighted by molar-refractivity contribution is 5.99. The van der Waals surface area contributed by atoms with Gasteiger partial charge in [-0.05, 0) is 23.3 Å². The second-order valence-corrected chi connectivity index (χ2v) is 5.68. The number of Topliss-reactive ketones (excluding diaryl/α,β-unsaturated/α-hetero) is 1. The van der Waals surface area contributed by atoms with Gasteiger partial charge < -0.3 is 4.74 Å². The van der Waals surface area contributed by atoms with Crippen LogP contribution in [0.15, 0.2) is 54.6 Å². The molecule has 0 aromatic heterocycles. The van der Waals surface area contributed by atoms with Gasteiger partial charge in [-0.1, -0.05) is 42.5 Å². The Morgan fingerprint density at radius 1 is 1.00 bits per heavy atom. The Hall–Kier alpha value is -2.95. The van der Waals surface area contributed by atoms with Gasteiger partial charge in [0.15, 0.2) is 12.0 Å². The van der Waals surface area contributed by atoms with E-state index in [0.717, 1.165) is 11.1 Å². The van der Waals surface area contributed by atoms with Gasteiger partial charge in [-0.2, -0.15) is 0 Å². The Bertz CT molecular complexity index is 768. The average molecular weight is 323 g/mol. The third kappa shape index (κ3) is 3.35. The predicted octanol–water partition coefficient (Wildman–Crippen LogP) is 2.66. The van der Waals surface area contributed by atoms with Gasteiger partial charge in [0, 0.05) is 12.5 Å². The molecule has 1 saturated heterocycles. The van der Waals surface area contributed by atoms with Crippen LogP contribution < -0.4 is 0 Å². The normalized spacial score (nSPS) is 17.0. The van der Waals surface area contributed by atoms with Crippen LogP contribution >= 0.6 is 0 Å². The Morgan fingerprint density at radius 2 is 1.62 bits per heavy atom. The molecular formula is C19H17NO4. The molecule has 0 bridgehead atoms. The zero-order valence-corrected chi connectivity index (χ0v) is 13.3. The Labute approximate surface area is 139 Å². The first-order valence-corrected chi connectivity index (χ1v) is 7.70. The molecule has 0 saturated carbocycles. The Balaban J connectivity index is 1.79. The van der Waals surface area contributed by atoms with E-state index in [4.69, 9.17) is 4.74 Å². The summed E-state index contributed by atoms with van der Waals surface area (Å²) in [6, 6.07) is 17.0. The maximum absolute atomic E-state index is 12.6. The molecule has 0 unspecified atom stereocenters. The van der Waals surface area contributed by atoms with Crippen molar-refractivity contribution >= 4 is 17.7 Å². The molecule has 3 rings (SSSR count). The zero-order valence-electron chi connectivity index (χ0n) is 13.3. The minimum atomic E-state index is -0.809. The van der Waals surface area contributed by atoms with Gasteiger partial charge in [-0.25, -0.2) is 0 Å². The summed E-state index contributed by atoms with van der Waals surface area (Å²) in [5, 5.41) is 0. The molecule has 24 heavy (non-hydrogen) atoms. The highest BCUT2D eigenvalue weighted by Gasteiger charge is 2.36. The van der Waals surface area contributed by atoms with Crippen molar-refractivity contribution in [1.29, 1.82) is 0 Å². The van der Waals surface area contributed by atoms with Gasteiger partial charge in [-0.15, -0.1) is 0 Å². The first-order chi connectivity index (χ1) is 11.5. The second-order valence-electron chi connectivity index (χ2n) is 5.68.